The van der Waals surface area contributed by atoms with Crippen molar-refractivity contribution in [3.05, 3.63) is 74.3 Å². The molecule has 3 aromatic rings. The SMILES string of the molecule is Cc1cccc(CNc2cccc3c(=O)[nH][nH]c(=O)c23)c1. The van der Waals surface area contributed by atoms with Gasteiger partial charge in [0.1, 0.15) is 0 Å². The first-order valence-corrected chi connectivity index (χ1v) is 6.68. The summed E-state index contributed by atoms with van der Waals surface area (Å²) in [7, 11) is 0. The summed E-state index contributed by atoms with van der Waals surface area (Å²) in [6, 6.07) is 13.3. The van der Waals surface area contributed by atoms with Gasteiger partial charge >= 0.3 is 0 Å². The number of H-pyrrole nitrogens is 2. The Morgan fingerprint density at radius 3 is 2.57 bits per heavy atom. The summed E-state index contributed by atoms with van der Waals surface area (Å²) in [6.45, 7) is 2.62. The van der Waals surface area contributed by atoms with E-state index in [4.69, 9.17) is 0 Å². The molecule has 0 radical (unpaired) electrons. The summed E-state index contributed by atoms with van der Waals surface area (Å²) in [6.07, 6.45) is 0. The van der Waals surface area contributed by atoms with Crippen molar-refractivity contribution in [2.75, 3.05) is 5.32 Å². The fraction of sp³-hybridized carbons (Fsp3) is 0.125. The normalized spacial score (nSPS) is 10.7. The fourth-order valence-electron chi connectivity index (χ4n) is 2.40. The third-order valence-electron chi connectivity index (χ3n) is 3.39. The summed E-state index contributed by atoms with van der Waals surface area (Å²) >= 11 is 0. The molecule has 5 heteroatoms. The van der Waals surface area contributed by atoms with Gasteiger partial charge in [0.2, 0.25) is 0 Å². The smallest absolute Gasteiger partial charge is 0.272 e. The van der Waals surface area contributed by atoms with E-state index in [1.54, 1.807) is 18.2 Å². The van der Waals surface area contributed by atoms with E-state index in [-0.39, 0.29) is 11.1 Å². The van der Waals surface area contributed by atoms with Crippen LogP contribution in [0, 0.1) is 6.92 Å². The minimum absolute atomic E-state index is 0.302. The van der Waals surface area contributed by atoms with E-state index in [0.29, 0.717) is 23.0 Å². The molecule has 0 unspecified atom stereocenters. The molecule has 2 aromatic carbocycles. The average Bonchev–Trinajstić information content (AvgIpc) is 2.49. The Labute approximate surface area is 120 Å². The summed E-state index contributed by atoms with van der Waals surface area (Å²) in [5.74, 6) is 0. The van der Waals surface area contributed by atoms with Gasteiger partial charge < -0.3 is 5.32 Å². The minimum atomic E-state index is -0.308. The van der Waals surface area contributed by atoms with Crippen LogP contribution < -0.4 is 16.4 Å². The predicted molar refractivity (Wildman–Crippen MR) is 83.7 cm³/mol. The quantitative estimate of drug-likeness (QED) is 0.688. The van der Waals surface area contributed by atoms with E-state index in [2.05, 4.69) is 21.6 Å². The second-order valence-corrected chi connectivity index (χ2v) is 4.98. The number of aromatic nitrogens is 2. The first-order chi connectivity index (χ1) is 10.1. The number of hydrogen-bond acceptors (Lipinski definition) is 3. The number of rotatable bonds is 3. The zero-order valence-corrected chi connectivity index (χ0v) is 11.6. The van der Waals surface area contributed by atoms with Crippen LogP contribution >= 0.6 is 0 Å². The number of nitrogens with one attached hydrogen (secondary N) is 3. The van der Waals surface area contributed by atoms with Gasteiger partial charge in [0, 0.05) is 12.2 Å². The molecule has 0 aliphatic carbocycles. The van der Waals surface area contributed by atoms with Gasteiger partial charge in [0.05, 0.1) is 10.8 Å². The monoisotopic (exact) mass is 281 g/mol. The maximum Gasteiger partial charge on any atom is 0.272 e. The molecule has 0 saturated heterocycles. The zero-order valence-electron chi connectivity index (χ0n) is 11.6. The largest absolute Gasteiger partial charge is 0.380 e. The number of hydrogen-bond donors (Lipinski definition) is 3. The van der Waals surface area contributed by atoms with Gasteiger partial charge in [0.15, 0.2) is 0 Å². The van der Waals surface area contributed by atoms with Gasteiger partial charge in [0.25, 0.3) is 11.1 Å². The lowest BCUT2D eigenvalue weighted by molar-refractivity contribution is 0.976. The number of anilines is 1. The van der Waals surface area contributed by atoms with E-state index in [1.807, 2.05) is 25.1 Å². The molecule has 0 bridgehead atoms. The van der Waals surface area contributed by atoms with Gasteiger partial charge in [-0.2, -0.15) is 0 Å². The summed E-state index contributed by atoms with van der Waals surface area (Å²) in [5.41, 5.74) is 2.34. The van der Waals surface area contributed by atoms with Gasteiger partial charge in [-0.05, 0) is 24.6 Å². The first kappa shape index (κ1) is 13.2. The second kappa shape index (κ2) is 5.28. The van der Waals surface area contributed by atoms with Crippen LogP contribution in [0.15, 0.2) is 52.1 Å². The molecule has 1 aromatic heterocycles. The zero-order chi connectivity index (χ0) is 14.8. The van der Waals surface area contributed by atoms with Gasteiger partial charge in [-0.3, -0.25) is 19.8 Å². The summed E-state index contributed by atoms with van der Waals surface area (Å²) in [5, 5.41) is 8.68. The molecule has 5 nitrogen and oxygen atoms in total. The van der Waals surface area contributed by atoms with Crippen LogP contribution in [0.1, 0.15) is 11.1 Å². The molecule has 1 heterocycles. The number of aromatic amines is 2. The van der Waals surface area contributed by atoms with E-state index in [9.17, 15) is 9.59 Å². The second-order valence-electron chi connectivity index (χ2n) is 4.98. The lowest BCUT2D eigenvalue weighted by Crippen LogP contribution is -2.20. The van der Waals surface area contributed by atoms with Crippen molar-refractivity contribution < 1.29 is 0 Å². The van der Waals surface area contributed by atoms with E-state index < -0.39 is 0 Å². The molecule has 0 spiro atoms. The van der Waals surface area contributed by atoms with Crippen LogP contribution in [0.25, 0.3) is 10.8 Å². The molecular weight excluding hydrogens is 266 g/mol. The van der Waals surface area contributed by atoms with Crippen molar-refractivity contribution in [3.63, 3.8) is 0 Å². The maximum atomic E-state index is 12.0. The third-order valence-corrected chi connectivity index (χ3v) is 3.39. The molecular formula is C16H15N3O2. The fourth-order valence-corrected chi connectivity index (χ4v) is 2.40. The highest BCUT2D eigenvalue weighted by molar-refractivity contribution is 5.92. The van der Waals surface area contributed by atoms with Crippen molar-refractivity contribution in [3.8, 4) is 0 Å². The molecule has 0 atom stereocenters. The average molecular weight is 281 g/mol. The predicted octanol–water partition coefficient (Wildman–Crippen LogP) is 2.14. The third kappa shape index (κ3) is 2.58. The van der Waals surface area contributed by atoms with Crippen molar-refractivity contribution in [2.45, 2.75) is 13.5 Å². The van der Waals surface area contributed by atoms with E-state index in [0.717, 1.165) is 5.56 Å². The minimum Gasteiger partial charge on any atom is -0.380 e. The Hall–Kier alpha value is -2.82. The Kier molecular flexibility index (Phi) is 3.31. The standard InChI is InChI=1S/C16H15N3O2/c1-10-4-2-5-11(8-10)9-17-13-7-3-6-12-14(13)16(21)19-18-15(12)20/h2-8,17H,9H2,1H3,(H,18,20)(H,19,21). The first-order valence-electron chi connectivity index (χ1n) is 6.68. The molecule has 0 saturated carbocycles. The van der Waals surface area contributed by atoms with E-state index in [1.165, 1.54) is 5.56 Å². The van der Waals surface area contributed by atoms with E-state index >= 15 is 0 Å². The highest BCUT2D eigenvalue weighted by Gasteiger charge is 2.07. The van der Waals surface area contributed by atoms with Crippen LogP contribution in [0.4, 0.5) is 5.69 Å². The molecule has 0 amide bonds. The highest BCUT2D eigenvalue weighted by atomic mass is 16.1. The summed E-state index contributed by atoms with van der Waals surface area (Å²) < 4.78 is 0. The molecule has 21 heavy (non-hydrogen) atoms. The van der Waals surface area contributed by atoms with Crippen LogP contribution in [0.3, 0.4) is 0 Å². The topological polar surface area (TPSA) is 77.8 Å². The van der Waals surface area contributed by atoms with Crippen LogP contribution in [-0.4, -0.2) is 10.2 Å². The lowest BCUT2D eigenvalue weighted by Gasteiger charge is -2.09. The molecule has 3 N–H and O–H groups in total. The van der Waals surface area contributed by atoms with Gasteiger partial charge in [-0.1, -0.05) is 35.9 Å². The van der Waals surface area contributed by atoms with Crippen LogP contribution in [-0.2, 0) is 6.54 Å². The Morgan fingerprint density at radius 2 is 1.76 bits per heavy atom. The number of aryl methyl sites for hydroxylation is 1. The van der Waals surface area contributed by atoms with Gasteiger partial charge in [-0.25, -0.2) is 0 Å². The lowest BCUT2D eigenvalue weighted by atomic mass is 10.1. The van der Waals surface area contributed by atoms with Crippen molar-refractivity contribution in [1.82, 2.24) is 10.2 Å². The molecule has 0 fully saturated rings. The Balaban J connectivity index is 2.00. The van der Waals surface area contributed by atoms with Crippen LogP contribution in [0.5, 0.6) is 0 Å². The van der Waals surface area contributed by atoms with Crippen molar-refractivity contribution >= 4 is 16.5 Å². The summed E-state index contributed by atoms with van der Waals surface area (Å²) in [4.78, 5) is 23.7. The van der Waals surface area contributed by atoms with Gasteiger partial charge in [-0.15, -0.1) is 0 Å². The molecule has 0 aliphatic rings. The molecule has 3 rings (SSSR count). The highest BCUT2D eigenvalue weighted by Crippen LogP contribution is 2.17. The number of benzene rings is 2. The van der Waals surface area contributed by atoms with Crippen molar-refractivity contribution in [2.24, 2.45) is 0 Å². The number of fused-ring (bicyclic) bond motifs is 1. The van der Waals surface area contributed by atoms with Crippen LogP contribution in [0.2, 0.25) is 0 Å². The Bertz CT molecular complexity index is 909. The maximum absolute atomic E-state index is 12.0. The molecule has 106 valence electrons. The Morgan fingerprint density at radius 1 is 1.00 bits per heavy atom. The van der Waals surface area contributed by atoms with Crippen molar-refractivity contribution in [1.29, 1.82) is 0 Å². The molecule has 0 aliphatic heterocycles.